The lowest BCUT2D eigenvalue weighted by molar-refractivity contribution is -0.137. The van der Waals surface area contributed by atoms with Crippen molar-refractivity contribution in [2.75, 3.05) is 6.54 Å². The second kappa shape index (κ2) is 7.22. The molecule has 1 atom stereocenters. The fourth-order valence-electron chi connectivity index (χ4n) is 4.33. The third-order valence-electron chi connectivity index (χ3n) is 5.93. The molecule has 1 unspecified atom stereocenters. The number of halogens is 3. The van der Waals surface area contributed by atoms with E-state index in [1.54, 1.807) is 6.07 Å². The highest BCUT2D eigenvalue weighted by Crippen LogP contribution is 2.45. The first-order valence-corrected chi connectivity index (χ1v) is 9.67. The van der Waals surface area contributed by atoms with E-state index in [-0.39, 0.29) is 11.8 Å². The van der Waals surface area contributed by atoms with Crippen LogP contribution in [0.1, 0.15) is 73.7 Å². The van der Waals surface area contributed by atoms with Gasteiger partial charge in [0.15, 0.2) is 5.82 Å². The molecule has 2 aliphatic rings. The Morgan fingerprint density at radius 1 is 1.18 bits per heavy atom. The third kappa shape index (κ3) is 3.52. The maximum Gasteiger partial charge on any atom is 0.416 e. The van der Waals surface area contributed by atoms with Gasteiger partial charge < -0.3 is 9.84 Å². The van der Waals surface area contributed by atoms with Crippen LogP contribution in [0.5, 0.6) is 0 Å². The van der Waals surface area contributed by atoms with Crippen LogP contribution in [0.4, 0.5) is 13.2 Å². The van der Waals surface area contributed by atoms with E-state index in [1.807, 2.05) is 0 Å². The molecule has 150 valence electrons. The van der Waals surface area contributed by atoms with Crippen LogP contribution in [0.2, 0.25) is 0 Å². The summed E-state index contributed by atoms with van der Waals surface area (Å²) in [6.45, 7) is 0.441. The van der Waals surface area contributed by atoms with Crippen molar-refractivity contribution in [1.82, 2.24) is 15.5 Å². The summed E-state index contributed by atoms with van der Waals surface area (Å²) in [4.78, 5) is 16.0. The Labute approximate surface area is 160 Å². The number of carbonyl (C=O) groups is 1. The fourth-order valence-corrected chi connectivity index (χ4v) is 4.33. The Hall–Kier alpha value is -2.38. The highest BCUT2D eigenvalue weighted by molar-refractivity contribution is 5.76. The van der Waals surface area contributed by atoms with Crippen molar-refractivity contribution < 1.29 is 22.5 Å². The van der Waals surface area contributed by atoms with Crippen molar-refractivity contribution in [1.29, 1.82) is 0 Å². The Kier molecular flexibility index (Phi) is 4.89. The van der Waals surface area contributed by atoms with Crippen LogP contribution < -0.4 is 5.32 Å². The van der Waals surface area contributed by atoms with Crippen molar-refractivity contribution in [2.45, 2.75) is 62.5 Å². The quantitative estimate of drug-likeness (QED) is 0.843. The number of amides is 1. The lowest BCUT2D eigenvalue weighted by Gasteiger charge is -2.35. The summed E-state index contributed by atoms with van der Waals surface area (Å²) in [6.07, 6.45) is 0.864. The number of rotatable bonds is 3. The lowest BCUT2D eigenvalue weighted by Crippen LogP contribution is -2.34. The molecule has 2 aromatic rings. The number of aromatic nitrogens is 2. The highest BCUT2D eigenvalue weighted by atomic mass is 19.4. The molecule has 5 nitrogen and oxygen atoms in total. The van der Waals surface area contributed by atoms with Gasteiger partial charge in [0.25, 0.3) is 0 Å². The minimum Gasteiger partial charge on any atom is -0.355 e. The molecule has 1 N–H and O–H groups in total. The van der Waals surface area contributed by atoms with Gasteiger partial charge in [-0.15, -0.1) is 0 Å². The molecule has 4 rings (SSSR count). The predicted octanol–water partition coefficient (Wildman–Crippen LogP) is 4.33. The van der Waals surface area contributed by atoms with Crippen LogP contribution in [0, 0.1) is 0 Å². The van der Waals surface area contributed by atoms with Gasteiger partial charge in [0.05, 0.1) is 16.9 Å². The van der Waals surface area contributed by atoms with E-state index in [0.717, 1.165) is 25.3 Å². The third-order valence-corrected chi connectivity index (χ3v) is 5.93. The first-order valence-electron chi connectivity index (χ1n) is 9.67. The molecule has 0 spiro atoms. The molecule has 1 amide bonds. The summed E-state index contributed by atoms with van der Waals surface area (Å²) in [5, 5.41) is 6.99. The SMILES string of the molecule is O=C1CCC(c2nc(C3(c4cccc(C(F)(F)F)c4)CCCCC3)no2)CN1. The molecule has 1 aromatic carbocycles. The van der Waals surface area contributed by atoms with Crippen LogP contribution >= 0.6 is 0 Å². The Balaban J connectivity index is 1.70. The topological polar surface area (TPSA) is 68.0 Å². The summed E-state index contributed by atoms with van der Waals surface area (Å²) in [7, 11) is 0. The molecule has 1 aromatic heterocycles. The zero-order valence-electron chi connectivity index (χ0n) is 15.4. The number of nitrogens with zero attached hydrogens (tertiary/aromatic N) is 2. The Morgan fingerprint density at radius 2 is 1.96 bits per heavy atom. The second-order valence-corrected chi connectivity index (χ2v) is 7.72. The van der Waals surface area contributed by atoms with Crippen molar-refractivity contribution in [3.63, 3.8) is 0 Å². The standard InChI is InChI=1S/C20H22F3N3O2/c21-20(22,23)15-6-4-5-14(11-15)19(9-2-1-3-10-19)18-25-17(28-26-18)13-7-8-16(27)24-12-13/h4-6,11,13H,1-3,7-10,12H2,(H,24,27). The maximum atomic E-state index is 13.3. The van der Waals surface area contributed by atoms with Gasteiger partial charge in [-0.25, -0.2) is 0 Å². The van der Waals surface area contributed by atoms with E-state index in [4.69, 9.17) is 4.52 Å². The van der Waals surface area contributed by atoms with E-state index in [0.29, 0.717) is 49.5 Å². The van der Waals surface area contributed by atoms with Crippen molar-refractivity contribution in [3.05, 3.63) is 47.1 Å². The minimum absolute atomic E-state index is 0.00343. The van der Waals surface area contributed by atoms with Gasteiger partial charge in [-0.05, 0) is 30.9 Å². The molecule has 1 aliphatic carbocycles. The number of benzene rings is 1. The van der Waals surface area contributed by atoms with Crippen molar-refractivity contribution in [3.8, 4) is 0 Å². The van der Waals surface area contributed by atoms with Gasteiger partial charge in [0.1, 0.15) is 0 Å². The smallest absolute Gasteiger partial charge is 0.355 e. The van der Waals surface area contributed by atoms with E-state index >= 15 is 0 Å². The van der Waals surface area contributed by atoms with Gasteiger partial charge in [0.2, 0.25) is 11.8 Å². The fraction of sp³-hybridized carbons (Fsp3) is 0.550. The Bertz CT molecular complexity index is 846. The molecule has 1 saturated heterocycles. The van der Waals surface area contributed by atoms with Crippen molar-refractivity contribution >= 4 is 5.91 Å². The highest BCUT2D eigenvalue weighted by Gasteiger charge is 2.42. The molecular formula is C20H22F3N3O2. The van der Waals surface area contributed by atoms with Gasteiger partial charge in [0, 0.05) is 13.0 Å². The lowest BCUT2D eigenvalue weighted by atomic mass is 9.68. The van der Waals surface area contributed by atoms with Gasteiger partial charge >= 0.3 is 6.18 Å². The van der Waals surface area contributed by atoms with Gasteiger partial charge in [-0.3, -0.25) is 4.79 Å². The average Bonchev–Trinajstić information content (AvgIpc) is 3.19. The second-order valence-electron chi connectivity index (χ2n) is 7.72. The zero-order chi connectivity index (χ0) is 19.8. The summed E-state index contributed by atoms with van der Waals surface area (Å²) >= 11 is 0. The van der Waals surface area contributed by atoms with E-state index < -0.39 is 17.2 Å². The summed E-state index contributed by atoms with van der Waals surface area (Å²) in [5.74, 6) is 0.857. The molecule has 2 heterocycles. The largest absolute Gasteiger partial charge is 0.416 e. The first-order chi connectivity index (χ1) is 13.4. The summed E-state index contributed by atoms with van der Waals surface area (Å²) < 4.78 is 45.3. The van der Waals surface area contributed by atoms with Crippen LogP contribution in [0.3, 0.4) is 0 Å². The summed E-state index contributed by atoms with van der Waals surface area (Å²) in [5.41, 5.74) is -0.737. The van der Waals surface area contributed by atoms with E-state index in [9.17, 15) is 18.0 Å². The maximum absolute atomic E-state index is 13.3. The molecule has 0 radical (unpaired) electrons. The number of alkyl halides is 3. The number of piperidine rings is 1. The molecule has 1 saturated carbocycles. The summed E-state index contributed by atoms with van der Waals surface area (Å²) in [6, 6.07) is 5.50. The van der Waals surface area contributed by atoms with Crippen molar-refractivity contribution in [2.24, 2.45) is 0 Å². The van der Waals surface area contributed by atoms with E-state index in [1.165, 1.54) is 12.1 Å². The molecule has 0 bridgehead atoms. The van der Waals surface area contributed by atoms with Gasteiger partial charge in [-0.2, -0.15) is 18.2 Å². The molecular weight excluding hydrogens is 371 g/mol. The average molecular weight is 393 g/mol. The van der Waals surface area contributed by atoms with Crippen LogP contribution in [0.15, 0.2) is 28.8 Å². The normalized spacial score (nSPS) is 22.7. The van der Waals surface area contributed by atoms with Crippen LogP contribution in [0.25, 0.3) is 0 Å². The van der Waals surface area contributed by atoms with Crippen LogP contribution in [-0.4, -0.2) is 22.6 Å². The zero-order valence-corrected chi connectivity index (χ0v) is 15.4. The van der Waals surface area contributed by atoms with E-state index in [2.05, 4.69) is 15.5 Å². The minimum atomic E-state index is -4.39. The van der Waals surface area contributed by atoms with Gasteiger partial charge in [-0.1, -0.05) is 42.6 Å². The number of carbonyl (C=O) groups excluding carboxylic acids is 1. The Morgan fingerprint density at radius 3 is 2.64 bits per heavy atom. The molecule has 1 aliphatic heterocycles. The predicted molar refractivity (Wildman–Crippen MR) is 94.6 cm³/mol. The monoisotopic (exact) mass is 393 g/mol. The molecule has 2 fully saturated rings. The number of hydrogen-bond acceptors (Lipinski definition) is 4. The molecule has 8 heteroatoms. The molecule has 28 heavy (non-hydrogen) atoms. The number of nitrogens with one attached hydrogen (secondary N) is 1. The first kappa shape index (κ1) is 19.0. The number of hydrogen-bond donors (Lipinski definition) is 1. The van der Waals surface area contributed by atoms with Crippen LogP contribution in [-0.2, 0) is 16.4 Å².